The molecule has 90 valence electrons. The second-order valence-electron chi connectivity index (χ2n) is 3.69. The number of benzene rings is 1. The number of carbonyl (C=O) groups is 2. The number of rotatable bonds is 2. The highest BCUT2D eigenvalue weighted by Crippen LogP contribution is 2.29. The van der Waals surface area contributed by atoms with Crippen LogP contribution in [0.25, 0.3) is 0 Å². The first-order chi connectivity index (χ1) is 8.00. The average molecular weight is 241 g/mol. The van der Waals surface area contributed by atoms with Crippen molar-refractivity contribution in [2.24, 2.45) is 0 Å². The van der Waals surface area contributed by atoms with Gasteiger partial charge < -0.3 is 10.0 Å². The SMILES string of the molecule is O=C(O)c1ccc2c(c1)CCN2C(=O)C(F)F. The molecule has 0 aromatic heterocycles. The summed E-state index contributed by atoms with van der Waals surface area (Å²) in [6.07, 6.45) is -2.64. The second kappa shape index (κ2) is 4.12. The topological polar surface area (TPSA) is 57.6 Å². The maximum absolute atomic E-state index is 12.3. The van der Waals surface area contributed by atoms with Crippen LogP contribution in [0.5, 0.6) is 0 Å². The van der Waals surface area contributed by atoms with Crippen molar-refractivity contribution in [2.75, 3.05) is 11.4 Å². The lowest BCUT2D eigenvalue weighted by Crippen LogP contribution is -2.34. The molecule has 1 N–H and O–H groups in total. The monoisotopic (exact) mass is 241 g/mol. The van der Waals surface area contributed by atoms with Crippen molar-refractivity contribution in [1.82, 2.24) is 0 Å². The summed E-state index contributed by atoms with van der Waals surface area (Å²) in [7, 11) is 0. The van der Waals surface area contributed by atoms with Gasteiger partial charge in [-0.05, 0) is 30.2 Å². The summed E-state index contributed by atoms with van der Waals surface area (Å²) in [5, 5.41) is 8.78. The molecule has 1 amide bonds. The lowest BCUT2D eigenvalue weighted by Gasteiger charge is -2.16. The lowest BCUT2D eigenvalue weighted by molar-refractivity contribution is -0.128. The molecule has 0 saturated carbocycles. The molecule has 1 aliphatic rings. The van der Waals surface area contributed by atoms with Crippen LogP contribution in [0.15, 0.2) is 18.2 Å². The van der Waals surface area contributed by atoms with E-state index in [9.17, 15) is 18.4 Å². The van der Waals surface area contributed by atoms with Crippen LogP contribution < -0.4 is 4.90 Å². The van der Waals surface area contributed by atoms with E-state index in [4.69, 9.17) is 5.11 Å². The Balaban J connectivity index is 2.34. The average Bonchev–Trinajstić information content (AvgIpc) is 2.70. The Morgan fingerprint density at radius 2 is 2.06 bits per heavy atom. The molecule has 4 nitrogen and oxygen atoms in total. The summed E-state index contributed by atoms with van der Waals surface area (Å²) in [5.74, 6) is -2.32. The number of carboxylic acid groups (broad SMARTS) is 1. The summed E-state index contributed by atoms with van der Waals surface area (Å²) in [6.45, 7) is 0.168. The van der Waals surface area contributed by atoms with Crippen LogP contribution in [0.4, 0.5) is 14.5 Å². The van der Waals surface area contributed by atoms with Gasteiger partial charge in [-0.2, -0.15) is 8.78 Å². The van der Waals surface area contributed by atoms with E-state index in [2.05, 4.69) is 0 Å². The van der Waals surface area contributed by atoms with Crippen molar-refractivity contribution in [1.29, 1.82) is 0 Å². The maximum Gasteiger partial charge on any atom is 0.335 e. The van der Waals surface area contributed by atoms with Gasteiger partial charge in [-0.3, -0.25) is 4.79 Å². The second-order valence-corrected chi connectivity index (χ2v) is 3.69. The molecule has 17 heavy (non-hydrogen) atoms. The molecule has 2 rings (SSSR count). The Morgan fingerprint density at radius 1 is 1.35 bits per heavy atom. The van der Waals surface area contributed by atoms with Gasteiger partial charge >= 0.3 is 12.4 Å². The van der Waals surface area contributed by atoms with E-state index in [-0.39, 0.29) is 12.1 Å². The normalized spacial score (nSPS) is 13.9. The number of carbonyl (C=O) groups excluding carboxylic acids is 1. The summed E-state index contributed by atoms with van der Waals surface area (Å²) in [4.78, 5) is 22.9. The zero-order valence-electron chi connectivity index (χ0n) is 8.69. The van der Waals surface area contributed by atoms with Gasteiger partial charge in [-0.15, -0.1) is 0 Å². The number of nitrogens with zero attached hydrogens (tertiary/aromatic N) is 1. The fraction of sp³-hybridized carbons (Fsp3) is 0.273. The predicted octanol–water partition coefficient (Wildman–Crippen LogP) is 1.54. The number of amides is 1. The molecule has 0 bridgehead atoms. The highest BCUT2D eigenvalue weighted by atomic mass is 19.3. The Labute approximate surface area is 95.5 Å². The Hall–Kier alpha value is -1.98. The Morgan fingerprint density at radius 3 is 2.65 bits per heavy atom. The van der Waals surface area contributed by atoms with Crippen LogP contribution in [0.1, 0.15) is 15.9 Å². The van der Waals surface area contributed by atoms with E-state index in [0.29, 0.717) is 17.7 Å². The summed E-state index contributed by atoms with van der Waals surface area (Å²) in [6, 6.07) is 4.11. The van der Waals surface area contributed by atoms with E-state index >= 15 is 0 Å². The van der Waals surface area contributed by atoms with Gasteiger partial charge in [0.05, 0.1) is 5.56 Å². The quantitative estimate of drug-likeness (QED) is 0.854. The number of fused-ring (bicyclic) bond motifs is 1. The van der Waals surface area contributed by atoms with Gasteiger partial charge in [0, 0.05) is 12.2 Å². The number of aromatic carboxylic acids is 1. The van der Waals surface area contributed by atoms with E-state index < -0.39 is 18.3 Å². The molecule has 1 heterocycles. The minimum atomic E-state index is -3.04. The molecule has 1 aromatic carbocycles. The van der Waals surface area contributed by atoms with E-state index in [1.807, 2.05) is 0 Å². The fourth-order valence-corrected chi connectivity index (χ4v) is 1.88. The van der Waals surface area contributed by atoms with Crippen molar-refractivity contribution < 1.29 is 23.5 Å². The van der Waals surface area contributed by atoms with Gasteiger partial charge in [0.25, 0.3) is 5.91 Å². The number of alkyl halides is 2. The van der Waals surface area contributed by atoms with Gasteiger partial charge in [-0.1, -0.05) is 0 Å². The summed E-state index contributed by atoms with van der Waals surface area (Å²) in [5.41, 5.74) is 1.08. The third-order valence-electron chi connectivity index (χ3n) is 2.67. The van der Waals surface area contributed by atoms with Gasteiger partial charge in [0.15, 0.2) is 0 Å². The molecule has 0 spiro atoms. The fourth-order valence-electron chi connectivity index (χ4n) is 1.88. The van der Waals surface area contributed by atoms with E-state index in [1.165, 1.54) is 18.2 Å². The van der Waals surface area contributed by atoms with Crippen molar-refractivity contribution >= 4 is 17.6 Å². The smallest absolute Gasteiger partial charge is 0.335 e. The van der Waals surface area contributed by atoms with Crippen molar-refractivity contribution in [3.63, 3.8) is 0 Å². The van der Waals surface area contributed by atoms with Gasteiger partial charge in [-0.25, -0.2) is 4.79 Å². The highest BCUT2D eigenvalue weighted by Gasteiger charge is 2.30. The molecule has 0 radical (unpaired) electrons. The van der Waals surface area contributed by atoms with Crippen molar-refractivity contribution in [3.8, 4) is 0 Å². The van der Waals surface area contributed by atoms with E-state index in [1.54, 1.807) is 0 Å². The van der Waals surface area contributed by atoms with Crippen LogP contribution >= 0.6 is 0 Å². The molecule has 0 atom stereocenters. The minimum absolute atomic E-state index is 0.0927. The molecule has 0 unspecified atom stereocenters. The molecule has 0 fully saturated rings. The summed E-state index contributed by atoms with van der Waals surface area (Å²) < 4.78 is 24.6. The van der Waals surface area contributed by atoms with E-state index in [0.717, 1.165) is 4.90 Å². The zero-order chi connectivity index (χ0) is 12.6. The predicted molar refractivity (Wildman–Crippen MR) is 55.5 cm³/mol. The first-order valence-electron chi connectivity index (χ1n) is 4.96. The first-order valence-corrected chi connectivity index (χ1v) is 4.96. The molecule has 0 saturated heterocycles. The van der Waals surface area contributed by atoms with Gasteiger partial charge in [0.1, 0.15) is 0 Å². The third kappa shape index (κ3) is 1.98. The molecule has 1 aromatic rings. The molecular weight excluding hydrogens is 232 g/mol. The number of hydrogen-bond acceptors (Lipinski definition) is 2. The molecule has 0 aliphatic carbocycles. The zero-order valence-corrected chi connectivity index (χ0v) is 8.69. The van der Waals surface area contributed by atoms with Crippen LogP contribution in [0.3, 0.4) is 0 Å². The van der Waals surface area contributed by atoms with Crippen molar-refractivity contribution in [2.45, 2.75) is 12.8 Å². The number of halogens is 2. The van der Waals surface area contributed by atoms with Crippen LogP contribution in [0, 0.1) is 0 Å². The van der Waals surface area contributed by atoms with Crippen LogP contribution in [-0.4, -0.2) is 30.0 Å². The third-order valence-corrected chi connectivity index (χ3v) is 2.67. The number of carboxylic acids is 1. The van der Waals surface area contributed by atoms with Crippen molar-refractivity contribution in [3.05, 3.63) is 29.3 Å². The largest absolute Gasteiger partial charge is 0.478 e. The van der Waals surface area contributed by atoms with Crippen LogP contribution in [-0.2, 0) is 11.2 Å². The summed E-state index contributed by atoms with van der Waals surface area (Å²) >= 11 is 0. The van der Waals surface area contributed by atoms with Gasteiger partial charge in [0.2, 0.25) is 0 Å². The molecule has 6 heteroatoms. The minimum Gasteiger partial charge on any atom is -0.478 e. The standard InChI is InChI=1S/C11H9F2NO3/c12-9(13)10(15)14-4-3-6-5-7(11(16)17)1-2-8(6)14/h1-2,5,9H,3-4H2,(H,16,17). The first kappa shape index (κ1) is 11.5. The lowest BCUT2D eigenvalue weighted by atomic mass is 10.1. The molecule has 1 aliphatic heterocycles. The Kier molecular flexibility index (Phi) is 2.79. The van der Waals surface area contributed by atoms with Crippen LogP contribution in [0.2, 0.25) is 0 Å². The number of hydrogen-bond donors (Lipinski definition) is 1. The Bertz CT molecular complexity index is 488. The molecular formula is C11H9F2NO3. The number of anilines is 1. The maximum atomic E-state index is 12.3. The highest BCUT2D eigenvalue weighted by molar-refractivity contribution is 5.98.